The van der Waals surface area contributed by atoms with Crippen molar-refractivity contribution in [2.24, 2.45) is 0 Å². The number of rotatable bonds is 10. The van der Waals surface area contributed by atoms with Gasteiger partial charge in [0.05, 0.1) is 25.0 Å². The van der Waals surface area contributed by atoms with Crippen LogP contribution in [0.5, 0.6) is 5.75 Å². The van der Waals surface area contributed by atoms with E-state index < -0.39 is 10.0 Å². The van der Waals surface area contributed by atoms with Gasteiger partial charge in [-0.25, -0.2) is 8.42 Å². The second-order valence-corrected chi connectivity index (χ2v) is 12.9. The maximum atomic E-state index is 12.8. The number of aryl methyl sites for hydroxylation is 1. The van der Waals surface area contributed by atoms with Crippen LogP contribution in [0.1, 0.15) is 73.1 Å². The Balaban J connectivity index is 1.61. The number of sulfonamides is 1. The minimum Gasteiger partial charge on any atom is -0.492 e. The molecule has 0 aromatic heterocycles. The standard InChI is InChI=1S/C31H40N2O4S/c1-22(2)28-10-8-9-23(3)29(28)33(38(7,35)36)21-24-11-13-25(14-12-24)30(34)32-19-20-37-27-17-15-26(16-18-27)31(4,5)6/h8-18,22H,19-21H2,1-7H3,(H,32,34). The normalized spacial score (nSPS) is 11.9. The zero-order chi connectivity index (χ0) is 28.1. The molecule has 1 N–H and O–H groups in total. The number of para-hydroxylation sites is 1. The molecule has 0 heterocycles. The number of ether oxygens (including phenoxy) is 1. The molecule has 204 valence electrons. The van der Waals surface area contributed by atoms with E-state index in [-0.39, 0.29) is 23.8 Å². The predicted octanol–water partition coefficient (Wildman–Crippen LogP) is 6.19. The highest BCUT2D eigenvalue weighted by Crippen LogP contribution is 2.33. The zero-order valence-corrected chi connectivity index (χ0v) is 24.4. The molecule has 3 aromatic carbocycles. The third kappa shape index (κ3) is 7.60. The monoisotopic (exact) mass is 536 g/mol. The van der Waals surface area contributed by atoms with Gasteiger partial charge in [0.2, 0.25) is 10.0 Å². The molecule has 38 heavy (non-hydrogen) atoms. The molecule has 7 heteroatoms. The van der Waals surface area contributed by atoms with Gasteiger partial charge in [-0.05, 0) is 64.8 Å². The fourth-order valence-electron chi connectivity index (χ4n) is 4.26. The van der Waals surface area contributed by atoms with Gasteiger partial charge in [-0.1, -0.05) is 77.1 Å². The lowest BCUT2D eigenvalue weighted by Crippen LogP contribution is -2.31. The first kappa shape index (κ1) is 29.2. The maximum absolute atomic E-state index is 12.8. The quantitative estimate of drug-likeness (QED) is 0.314. The fourth-order valence-corrected chi connectivity index (χ4v) is 5.23. The molecule has 0 saturated heterocycles. The van der Waals surface area contributed by atoms with E-state index in [0.717, 1.165) is 28.1 Å². The van der Waals surface area contributed by atoms with Crippen molar-refractivity contribution in [3.8, 4) is 5.75 Å². The molecule has 0 bridgehead atoms. The van der Waals surface area contributed by atoms with E-state index in [0.29, 0.717) is 18.7 Å². The number of nitrogens with zero attached hydrogens (tertiary/aromatic N) is 1. The average molecular weight is 537 g/mol. The van der Waals surface area contributed by atoms with E-state index >= 15 is 0 Å². The second-order valence-electron chi connectivity index (χ2n) is 11.0. The molecule has 0 spiro atoms. The van der Waals surface area contributed by atoms with E-state index in [4.69, 9.17) is 4.74 Å². The molecule has 6 nitrogen and oxygen atoms in total. The molecule has 0 aliphatic rings. The molecule has 3 rings (SSSR count). The van der Waals surface area contributed by atoms with Gasteiger partial charge >= 0.3 is 0 Å². The Kier molecular flexibility index (Phi) is 9.26. The maximum Gasteiger partial charge on any atom is 0.251 e. The van der Waals surface area contributed by atoms with E-state index in [9.17, 15) is 13.2 Å². The molecule has 1 amide bonds. The Hall–Kier alpha value is -3.32. The average Bonchev–Trinajstić information content (AvgIpc) is 2.84. The lowest BCUT2D eigenvalue weighted by molar-refractivity contribution is 0.0947. The highest BCUT2D eigenvalue weighted by atomic mass is 32.2. The van der Waals surface area contributed by atoms with Gasteiger partial charge in [-0.2, -0.15) is 0 Å². The van der Waals surface area contributed by atoms with Crippen molar-refractivity contribution >= 4 is 21.6 Å². The number of anilines is 1. The van der Waals surface area contributed by atoms with Crippen LogP contribution >= 0.6 is 0 Å². The third-order valence-electron chi connectivity index (χ3n) is 6.46. The van der Waals surface area contributed by atoms with Crippen molar-refractivity contribution < 1.29 is 17.9 Å². The van der Waals surface area contributed by atoms with Crippen LogP contribution in [0.15, 0.2) is 66.7 Å². The van der Waals surface area contributed by atoms with E-state index in [2.05, 4.69) is 52.1 Å². The Morgan fingerprint density at radius 2 is 1.61 bits per heavy atom. The summed E-state index contributed by atoms with van der Waals surface area (Å²) in [5.74, 6) is 0.734. The van der Waals surface area contributed by atoms with E-state index in [1.54, 1.807) is 24.3 Å². The summed E-state index contributed by atoms with van der Waals surface area (Å²) in [6.45, 7) is 13.5. The van der Waals surface area contributed by atoms with Gasteiger partial charge in [0.25, 0.3) is 5.91 Å². The smallest absolute Gasteiger partial charge is 0.251 e. The molecule has 0 aliphatic heterocycles. The zero-order valence-electron chi connectivity index (χ0n) is 23.5. The van der Waals surface area contributed by atoms with Crippen molar-refractivity contribution in [2.45, 2.75) is 59.4 Å². The van der Waals surface area contributed by atoms with E-state index in [1.165, 1.54) is 16.1 Å². The Morgan fingerprint density at radius 3 is 2.16 bits per heavy atom. The van der Waals surface area contributed by atoms with Crippen molar-refractivity contribution in [1.82, 2.24) is 5.32 Å². The molecule has 0 radical (unpaired) electrons. The largest absolute Gasteiger partial charge is 0.492 e. The number of hydrogen-bond acceptors (Lipinski definition) is 4. The van der Waals surface area contributed by atoms with Crippen LogP contribution in [-0.2, 0) is 22.0 Å². The van der Waals surface area contributed by atoms with Crippen LogP contribution in [0.25, 0.3) is 0 Å². The number of benzene rings is 3. The Bertz CT molecular complexity index is 1340. The summed E-state index contributed by atoms with van der Waals surface area (Å²) in [7, 11) is -3.53. The number of amides is 1. The summed E-state index contributed by atoms with van der Waals surface area (Å²) in [4.78, 5) is 12.6. The molecule has 0 unspecified atom stereocenters. The Labute approximate surface area is 228 Å². The first-order chi connectivity index (χ1) is 17.8. The molecular formula is C31H40N2O4S. The highest BCUT2D eigenvalue weighted by molar-refractivity contribution is 7.92. The lowest BCUT2D eigenvalue weighted by atomic mass is 9.87. The first-order valence-electron chi connectivity index (χ1n) is 12.9. The van der Waals surface area contributed by atoms with Gasteiger partial charge < -0.3 is 10.1 Å². The van der Waals surface area contributed by atoms with Crippen LogP contribution in [0, 0.1) is 6.92 Å². The summed E-state index contributed by atoms with van der Waals surface area (Å²) >= 11 is 0. The minimum absolute atomic E-state index is 0.0860. The van der Waals surface area contributed by atoms with Crippen molar-refractivity contribution in [3.63, 3.8) is 0 Å². The number of hydrogen-bond donors (Lipinski definition) is 1. The summed E-state index contributed by atoms with van der Waals surface area (Å²) in [6, 6.07) is 20.9. The highest BCUT2D eigenvalue weighted by Gasteiger charge is 2.24. The fraction of sp³-hybridized carbons (Fsp3) is 0.387. The minimum atomic E-state index is -3.53. The van der Waals surface area contributed by atoms with Crippen LogP contribution < -0.4 is 14.4 Å². The number of nitrogens with one attached hydrogen (secondary N) is 1. The predicted molar refractivity (Wildman–Crippen MR) is 156 cm³/mol. The lowest BCUT2D eigenvalue weighted by Gasteiger charge is -2.28. The SMILES string of the molecule is Cc1cccc(C(C)C)c1N(Cc1ccc(C(=O)NCCOc2ccc(C(C)(C)C)cc2)cc1)S(C)(=O)=O. The summed E-state index contributed by atoms with van der Waals surface area (Å²) in [6.07, 6.45) is 1.23. The van der Waals surface area contributed by atoms with Crippen molar-refractivity contribution in [3.05, 3.63) is 94.5 Å². The molecule has 0 fully saturated rings. The van der Waals surface area contributed by atoms with Crippen molar-refractivity contribution in [2.75, 3.05) is 23.7 Å². The van der Waals surface area contributed by atoms with Crippen LogP contribution in [-0.4, -0.2) is 33.7 Å². The topological polar surface area (TPSA) is 75.7 Å². The van der Waals surface area contributed by atoms with Gasteiger partial charge in [0, 0.05) is 5.56 Å². The molecular weight excluding hydrogens is 496 g/mol. The third-order valence-corrected chi connectivity index (χ3v) is 7.57. The van der Waals surface area contributed by atoms with Crippen LogP contribution in [0.4, 0.5) is 5.69 Å². The Morgan fingerprint density at radius 1 is 0.974 bits per heavy atom. The van der Waals surface area contributed by atoms with Crippen LogP contribution in [0.3, 0.4) is 0 Å². The van der Waals surface area contributed by atoms with E-state index in [1.807, 2.05) is 37.3 Å². The molecule has 0 aliphatic carbocycles. The first-order valence-corrected chi connectivity index (χ1v) is 14.8. The molecule has 3 aromatic rings. The summed E-state index contributed by atoms with van der Waals surface area (Å²) in [5, 5.41) is 2.87. The van der Waals surface area contributed by atoms with Gasteiger partial charge in [0.1, 0.15) is 12.4 Å². The van der Waals surface area contributed by atoms with Gasteiger partial charge in [-0.3, -0.25) is 9.10 Å². The second kappa shape index (κ2) is 12.0. The summed E-state index contributed by atoms with van der Waals surface area (Å²) < 4.78 is 32.8. The summed E-state index contributed by atoms with van der Waals surface area (Å²) in [5.41, 5.74) is 5.24. The molecule has 0 saturated carbocycles. The van der Waals surface area contributed by atoms with Crippen LogP contribution in [0.2, 0.25) is 0 Å². The van der Waals surface area contributed by atoms with Gasteiger partial charge in [0.15, 0.2) is 0 Å². The number of carbonyl (C=O) groups is 1. The number of carbonyl (C=O) groups excluding carboxylic acids is 1. The molecule has 0 atom stereocenters. The van der Waals surface area contributed by atoms with Gasteiger partial charge in [-0.15, -0.1) is 0 Å². The van der Waals surface area contributed by atoms with Crippen molar-refractivity contribution in [1.29, 1.82) is 0 Å².